The summed E-state index contributed by atoms with van der Waals surface area (Å²) in [6, 6.07) is 2.35. The lowest BCUT2D eigenvalue weighted by atomic mass is 10.0. The van der Waals surface area contributed by atoms with E-state index < -0.39 is 0 Å². The molecule has 0 unspecified atom stereocenters. The number of aryl methyl sites for hydroxylation is 2. The van der Waals surface area contributed by atoms with Gasteiger partial charge in [-0.3, -0.25) is 9.69 Å². The molecule has 0 aromatic carbocycles. The van der Waals surface area contributed by atoms with Crippen LogP contribution < -0.4 is 0 Å². The molecule has 1 saturated heterocycles. The highest BCUT2D eigenvalue weighted by Gasteiger charge is 2.31. The van der Waals surface area contributed by atoms with E-state index in [1.165, 1.54) is 24.2 Å². The van der Waals surface area contributed by atoms with Gasteiger partial charge in [0.25, 0.3) is 0 Å². The molecule has 0 bridgehead atoms. The Labute approximate surface area is 143 Å². The maximum Gasteiger partial charge on any atom is 0.236 e. The van der Waals surface area contributed by atoms with Gasteiger partial charge in [0, 0.05) is 18.8 Å². The number of H-pyrrole nitrogens is 1. The molecule has 2 heterocycles. The average Bonchev–Trinajstić information content (AvgIpc) is 3.21. The molecule has 0 radical (unpaired) electrons. The van der Waals surface area contributed by atoms with Crippen LogP contribution in [-0.4, -0.2) is 51.9 Å². The molecule has 2 aliphatic rings. The van der Waals surface area contributed by atoms with Crippen molar-refractivity contribution >= 4 is 5.91 Å². The van der Waals surface area contributed by atoms with Gasteiger partial charge in [0.15, 0.2) is 0 Å². The lowest BCUT2D eigenvalue weighted by Crippen LogP contribution is -2.40. The van der Waals surface area contributed by atoms with Crippen molar-refractivity contribution in [3.63, 3.8) is 0 Å². The molecule has 1 fully saturated rings. The highest BCUT2D eigenvalue weighted by Crippen LogP contribution is 2.32. The maximum atomic E-state index is 12.6. The number of hydrogen-bond donors (Lipinski definition) is 1. The first kappa shape index (κ1) is 17.0. The molecule has 3 rings (SSSR count). The number of nitrogens with one attached hydrogen (secondary N) is 1. The van der Waals surface area contributed by atoms with Crippen molar-refractivity contribution in [1.29, 1.82) is 5.26 Å². The highest BCUT2D eigenvalue weighted by molar-refractivity contribution is 5.78. The normalized spacial score (nSPS) is 20.6. The van der Waals surface area contributed by atoms with Gasteiger partial charge in [0.1, 0.15) is 5.82 Å². The molecule has 1 amide bonds. The Morgan fingerprint density at radius 2 is 2.25 bits per heavy atom. The Hall–Kier alpha value is -1.87. The SMILES string of the molecule is CCN(CCC#N)C(=O)CN1CCC[C@H]1c1nc2c([nH]1)CCCC2. The van der Waals surface area contributed by atoms with Crippen LogP contribution in [0.5, 0.6) is 0 Å². The second-order valence-electron chi connectivity index (χ2n) is 6.76. The predicted octanol–water partition coefficient (Wildman–Crippen LogP) is 2.19. The third kappa shape index (κ3) is 3.62. The molecule has 0 spiro atoms. The Morgan fingerprint density at radius 3 is 3.00 bits per heavy atom. The summed E-state index contributed by atoms with van der Waals surface area (Å²) in [6.07, 6.45) is 7.22. The maximum absolute atomic E-state index is 12.6. The van der Waals surface area contributed by atoms with Crippen LogP contribution in [0.3, 0.4) is 0 Å². The highest BCUT2D eigenvalue weighted by atomic mass is 16.2. The number of hydrogen-bond acceptors (Lipinski definition) is 4. The number of imidazole rings is 1. The van der Waals surface area contributed by atoms with E-state index >= 15 is 0 Å². The average molecular weight is 329 g/mol. The Morgan fingerprint density at radius 1 is 1.42 bits per heavy atom. The van der Waals surface area contributed by atoms with Crippen molar-refractivity contribution in [1.82, 2.24) is 19.8 Å². The van der Waals surface area contributed by atoms with E-state index in [0.717, 1.165) is 38.1 Å². The number of rotatable bonds is 6. The molecule has 0 saturated carbocycles. The number of likely N-dealkylation sites (tertiary alicyclic amines) is 1. The number of aromatic amines is 1. The third-order valence-corrected chi connectivity index (χ3v) is 5.22. The Kier molecular flexibility index (Phi) is 5.52. The van der Waals surface area contributed by atoms with Crippen molar-refractivity contribution < 1.29 is 4.79 Å². The van der Waals surface area contributed by atoms with Gasteiger partial charge >= 0.3 is 0 Å². The zero-order valence-corrected chi connectivity index (χ0v) is 14.6. The summed E-state index contributed by atoms with van der Waals surface area (Å²) >= 11 is 0. The molecular weight excluding hydrogens is 302 g/mol. The van der Waals surface area contributed by atoms with Gasteiger partial charge in [0.2, 0.25) is 5.91 Å². The monoisotopic (exact) mass is 329 g/mol. The molecule has 1 aromatic rings. The van der Waals surface area contributed by atoms with Gasteiger partial charge in [-0.2, -0.15) is 5.26 Å². The minimum Gasteiger partial charge on any atom is -0.344 e. The van der Waals surface area contributed by atoms with Crippen molar-refractivity contribution in [3.05, 3.63) is 17.2 Å². The molecule has 130 valence electrons. The molecule has 1 aromatic heterocycles. The summed E-state index contributed by atoms with van der Waals surface area (Å²) in [5.41, 5.74) is 2.54. The first-order chi connectivity index (χ1) is 11.7. The quantitative estimate of drug-likeness (QED) is 0.868. The summed E-state index contributed by atoms with van der Waals surface area (Å²) in [7, 11) is 0. The van der Waals surface area contributed by atoms with Gasteiger partial charge in [-0.15, -0.1) is 0 Å². The van der Waals surface area contributed by atoms with E-state index in [4.69, 9.17) is 10.2 Å². The van der Waals surface area contributed by atoms with Crippen LogP contribution in [0.25, 0.3) is 0 Å². The van der Waals surface area contributed by atoms with Crippen molar-refractivity contribution in [2.24, 2.45) is 0 Å². The molecule has 6 nitrogen and oxygen atoms in total. The largest absolute Gasteiger partial charge is 0.344 e. The number of aromatic nitrogens is 2. The van der Waals surface area contributed by atoms with Crippen LogP contribution in [0.1, 0.15) is 62.3 Å². The molecule has 1 aliphatic carbocycles. The van der Waals surface area contributed by atoms with Crippen LogP contribution >= 0.6 is 0 Å². The number of nitrogens with zero attached hydrogens (tertiary/aromatic N) is 4. The van der Waals surface area contributed by atoms with Crippen LogP contribution in [0, 0.1) is 11.3 Å². The molecule has 6 heteroatoms. The van der Waals surface area contributed by atoms with Crippen LogP contribution in [0.15, 0.2) is 0 Å². The van der Waals surface area contributed by atoms with Gasteiger partial charge in [0.05, 0.1) is 30.8 Å². The van der Waals surface area contributed by atoms with Gasteiger partial charge in [-0.25, -0.2) is 4.98 Å². The van der Waals surface area contributed by atoms with E-state index in [9.17, 15) is 4.79 Å². The van der Waals surface area contributed by atoms with Gasteiger partial charge in [-0.1, -0.05) is 0 Å². The second-order valence-corrected chi connectivity index (χ2v) is 6.76. The van der Waals surface area contributed by atoms with Gasteiger partial charge < -0.3 is 9.88 Å². The first-order valence-corrected chi connectivity index (χ1v) is 9.19. The molecule has 1 atom stereocenters. The third-order valence-electron chi connectivity index (χ3n) is 5.22. The van der Waals surface area contributed by atoms with E-state index in [0.29, 0.717) is 26.1 Å². The first-order valence-electron chi connectivity index (χ1n) is 9.19. The summed E-state index contributed by atoms with van der Waals surface area (Å²) in [6.45, 7) is 4.53. The number of carbonyl (C=O) groups excluding carboxylic acids is 1. The fraction of sp³-hybridized carbons (Fsp3) is 0.722. The molecule has 24 heavy (non-hydrogen) atoms. The second kappa shape index (κ2) is 7.80. The molecule has 1 aliphatic heterocycles. The topological polar surface area (TPSA) is 76.0 Å². The summed E-state index contributed by atoms with van der Waals surface area (Å²) in [5, 5.41) is 8.74. The lowest BCUT2D eigenvalue weighted by molar-refractivity contribution is -0.132. The number of likely N-dealkylation sites (N-methyl/N-ethyl adjacent to an activating group) is 1. The van der Waals surface area contributed by atoms with E-state index in [1.807, 2.05) is 6.92 Å². The summed E-state index contributed by atoms with van der Waals surface area (Å²) in [5.74, 6) is 1.17. The zero-order chi connectivity index (χ0) is 16.9. The van der Waals surface area contributed by atoms with Crippen LogP contribution in [-0.2, 0) is 17.6 Å². The van der Waals surface area contributed by atoms with E-state index in [-0.39, 0.29) is 11.9 Å². The molecule has 1 N–H and O–H groups in total. The van der Waals surface area contributed by atoms with Crippen LogP contribution in [0.2, 0.25) is 0 Å². The van der Waals surface area contributed by atoms with Gasteiger partial charge in [-0.05, 0) is 52.0 Å². The van der Waals surface area contributed by atoms with Crippen molar-refractivity contribution in [2.45, 2.75) is 57.9 Å². The fourth-order valence-electron chi connectivity index (χ4n) is 3.88. The zero-order valence-electron chi connectivity index (χ0n) is 14.6. The predicted molar refractivity (Wildman–Crippen MR) is 91.3 cm³/mol. The van der Waals surface area contributed by atoms with E-state index in [2.05, 4.69) is 16.0 Å². The Balaban J connectivity index is 1.66. The smallest absolute Gasteiger partial charge is 0.236 e. The fourth-order valence-corrected chi connectivity index (χ4v) is 3.88. The number of fused-ring (bicyclic) bond motifs is 1. The number of carbonyl (C=O) groups is 1. The van der Waals surface area contributed by atoms with E-state index in [1.54, 1.807) is 4.90 Å². The number of amides is 1. The van der Waals surface area contributed by atoms with Crippen molar-refractivity contribution in [2.75, 3.05) is 26.2 Å². The lowest BCUT2D eigenvalue weighted by Gasteiger charge is -2.26. The van der Waals surface area contributed by atoms with Crippen molar-refractivity contribution in [3.8, 4) is 6.07 Å². The minimum atomic E-state index is 0.121. The molecular formula is C18H27N5O. The standard InChI is InChI=1S/C18H27N5O/c1-2-22(12-6-10-19)17(24)13-23-11-5-9-16(23)18-20-14-7-3-4-8-15(14)21-18/h16H,2-9,11-13H2,1H3,(H,20,21)/t16-/m0/s1. The number of nitriles is 1. The summed E-state index contributed by atoms with van der Waals surface area (Å²) < 4.78 is 0. The minimum absolute atomic E-state index is 0.121. The Bertz CT molecular complexity index is 594. The summed E-state index contributed by atoms with van der Waals surface area (Å²) in [4.78, 5) is 25.0. The van der Waals surface area contributed by atoms with Crippen LogP contribution in [0.4, 0.5) is 0 Å².